The molecule has 0 aliphatic carbocycles. The Morgan fingerprint density at radius 1 is 1.13 bits per heavy atom. The van der Waals surface area contributed by atoms with Crippen molar-refractivity contribution in [1.29, 1.82) is 0 Å². The number of likely N-dealkylation sites (tertiary alicyclic amines) is 1. The van der Waals surface area contributed by atoms with Crippen molar-refractivity contribution >= 4 is 10.0 Å². The highest BCUT2D eigenvalue weighted by atomic mass is 32.2. The minimum absolute atomic E-state index is 0.223. The summed E-state index contributed by atoms with van der Waals surface area (Å²) in [6.07, 6.45) is 3.39. The fraction of sp³-hybridized carbons (Fsp3) is 1.00. The number of rotatable bonds is 2. The summed E-state index contributed by atoms with van der Waals surface area (Å²) in [4.78, 5) is 2.39. The summed E-state index contributed by atoms with van der Waals surface area (Å²) >= 11 is 0. The van der Waals surface area contributed by atoms with E-state index in [0.29, 0.717) is 6.04 Å². The van der Waals surface area contributed by atoms with Crippen molar-refractivity contribution in [3.05, 3.63) is 0 Å². The van der Waals surface area contributed by atoms with Crippen molar-refractivity contribution < 1.29 is 8.42 Å². The topological polar surface area (TPSA) is 40.6 Å². The van der Waals surface area contributed by atoms with Gasteiger partial charge in [-0.2, -0.15) is 4.31 Å². The molecule has 0 amide bonds. The summed E-state index contributed by atoms with van der Waals surface area (Å²) < 4.78 is 25.0. The van der Waals surface area contributed by atoms with Crippen molar-refractivity contribution in [2.24, 2.45) is 0 Å². The zero-order chi connectivity index (χ0) is 11.2. The van der Waals surface area contributed by atoms with E-state index in [2.05, 4.69) is 18.7 Å². The van der Waals surface area contributed by atoms with Crippen LogP contribution in [0.1, 0.15) is 26.7 Å². The van der Waals surface area contributed by atoms with Crippen LogP contribution in [0, 0.1) is 0 Å². The molecule has 0 spiro atoms. The molecule has 5 heteroatoms. The Labute approximate surface area is 92.3 Å². The molecule has 88 valence electrons. The van der Waals surface area contributed by atoms with E-state index in [-0.39, 0.29) is 12.1 Å². The van der Waals surface area contributed by atoms with Crippen LogP contribution >= 0.6 is 0 Å². The summed E-state index contributed by atoms with van der Waals surface area (Å²) in [7, 11) is -3.00. The zero-order valence-electron chi connectivity index (χ0n) is 9.68. The molecule has 2 aliphatic rings. The second kappa shape index (κ2) is 3.71. The minimum Gasteiger partial charge on any atom is -0.298 e. The first-order valence-electron chi connectivity index (χ1n) is 5.62. The van der Waals surface area contributed by atoms with Gasteiger partial charge in [0.25, 0.3) is 0 Å². The van der Waals surface area contributed by atoms with Crippen LogP contribution in [-0.4, -0.2) is 55.1 Å². The highest BCUT2D eigenvalue weighted by Gasteiger charge is 2.44. The van der Waals surface area contributed by atoms with Crippen LogP contribution in [0.3, 0.4) is 0 Å². The van der Waals surface area contributed by atoms with Gasteiger partial charge in [0.1, 0.15) is 0 Å². The average molecular weight is 232 g/mol. The van der Waals surface area contributed by atoms with Gasteiger partial charge in [-0.1, -0.05) is 0 Å². The first-order chi connectivity index (χ1) is 6.89. The predicted molar refractivity (Wildman–Crippen MR) is 60.2 cm³/mol. The Balaban J connectivity index is 2.17. The van der Waals surface area contributed by atoms with E-state index in [0.717, 1.165) is 25.9 Å². The van der Waals surface area contributed by atoms with Gasteiger partial charge in [0.15, 0.2) is 0 Å². The third-order valence-electron chi connectivity index (χ3n) is 3.56. The van der Waals surface area contributed by atoms with E-state index in [4.69, 9.17) is 0 Å². The van der Waals surface area contributed by atoms with Crippen molar-refractivity contribution in [3.8, 4) is 0 Å². The quantitative estimate of drug-likeness (QED) is 0.696. The second-order valence-electron chi connectivity index (χ2n) is 5.03. The molecule has 0 aromatic carbocycles. The number of nitrogens with zero attached hydrogens (tertiary/aromatic N) is 2. The number of hydrogen-bond acceptors (Lipinski definition) is 3. The van der Waals surface area contributed by atoms with E-state index >= 15 is 0 Å². The molecular formula is C10H20N2O2S. The fourth-order valence-corrected chi connectivity index (χ4v) is 4.29. The Morgan fingerprint density at radius 3 is 1.93 bits per heavy atom. The summed E-state index contributed by atoms with van der Waals surface area (Å²) in [5, 5.41) is 0. The molecule has 0 saturated carbocycles. The maximum Gasteiger partial charge on any atom is 0.211 e. The Morgan fingerprint density at radius 2 is 1.60 bits per heavy atom. The molecule has 2 saturated heterocycles. The predicted octanol–water partition coefficient (Wildman–Crippen LogP) is 0.503. The standard InChI is InChI=1S/C10H20N2O2S/c1-8(2)11-6-9-4-5-10(7-11)12(9)15(3,13)14/h8-10H,4-7H2,1-3H3. The lowest BCUT2D eigenvalue weighted by Crippen LogP contribution is -2.56. The van der Waals surface area contributed by atoms with E-state index in [9.17, 15) is 8.42 Å². The number of piperazine rings is 1. The monoisotopic (exact) mass is 232 g/mol. The van der Waals surface area contributed by atoms with Gasteiger partial charge in [-0.15, -0.1) is 0 Å². The molecule has 0 N–H and O–H groups in total. The fourth-order valence-electron chi connectivity index (χ4n) is 2.86. The Kier molecular flexibility index (Phi) is 2.81. The smallest absolute Gasteiger partial charge is 0.211 e. The largest absolute Gasteiger partial charge is 0.298 e. The SMILES string of the molecule is CC(C)N1CC2CCC(C1)N2S(C)(=O)=O. The molecule has 2 heterocycles. The number of fused-ring (bicyclic) bond motifs is 2. The summed E-state index contributed by atoms with van der Waals surface area (Å²) in [5.74, 6) is 0. The molecule has 15 heavy (non-hydrogen) atoms. The summed E-state index contributed by atoms with van der Waals surface area (Å²) in [6.45, 7) is 6.16. The van der Waals surface area contributed by atoms with Crippen LogP contribution in [0.2, 0.25) is 0 Å². The van der Waals surface area contributed by atoms with Gasteiger partial charge in [-0.3, -0.25) is 4.90 Å². The maximum absolute atomic E-state index is 11.6. The lowest BCUT2D eigenvalue weighted by Gasteiger charge is -2.41. The van der Waals surface area contributed by atoms with Crippen molar-refractivity contribution in [2.45, 2.75) is 44.8 Å². The van der Waals surface area contributed by atoms with E-state index < -0.39 is 10.0 Å². The number of sulfonamides is 1. The summed E-state index contributed by atoms with van der Waals surface area (Å²) in [6, 6.07) is 0.970. The Bertz CT molecular complexity index is 325. The molecule has 2 rings (SSSR count). The van der Waals surface area contributed by atoms with E-state index in [1.807, 2.05) is 0 Å². The van der Waals surface area contributed by atoms with Gasteiger partial charge in [0.05, 0.1) is 6.26 Å². The molecule has 0 aromatic heterocycles. The highest BCUT2D eigenvalue weighted by molar-refractivity contribution is 7.88. The van der Waals surface area contributed by atoms with Crippen LogP contribution < -0.4 is 0 Å². The average Bonchev–Trinajstić information content (AvgIpc) is 2.37. The first kappa shape index (κ1) is 11.4. The van der Waals surface area contributed by atoms with E-state index in [1.165, 1.54) is 6.26 Å². The zero-order valence-corrected chi connectivity index (χ0v) is 10.5. The normalized spacial score (nSPS) is 33.9. The van der Waals surface area contributed by atoms with Gasteiger partial charge in [0.2, 0.25) is 10.0 Å². The maximum atomic E-state index is 11.6. The van der Waals surface area contributed by atoms with Crippen LogP contribution in [-0.2, 0) is 10.0 Å². The third-order valence-corrected chi connectivity index (χ3v) is 4.92. The van der Waals surface area contributed by atoms with Crippen LogP contribution in [0.25, 0.3) is 0 Å². The Hall–Kier alpha value is -0.130. The van der Waals surface area contributed by atoms with E-state index in [1.54, 1.807) is 4.31 Å². The number of hydrogen-bond donors (Lipinski definition) is 0. The van der Waals surface area contributed by atoms with Crippen LogP contribution in [0.4, 0.5) is 0 Å². The molecule has 2 atom stereocenters. The van der Waals surface area contributed by atoms with Gasteiger partial charge in [-0.25, -0.2) is 8.42 Å². The van der Waals surface area contributed by atoms with Crippen molar-refractivity contribution in [1.82, 2.24) is 9.21 Å². The van der Waals surface area contributed by atoms with Crippen LogP contribution in [0.5, 0.6) is 0 Å². The minimum atomic E-state index is -3.00. The second-order valence-corrected chi connectivity index (χ2v) is 6.91. The van der Waals surface area contributed by atoms with Crippen molar-refractivity contribution in [3.63, 3.8) is 0 Å². The van der Waals surface area contributed by atoms with Gasteiger partial charge >= 0.3 is 0 Å². The molecule has 4 nitrogen and oxygen atoms in total. The summed E-state index contributed by atoms with van der Waals surface area (Å²) in [5.41, 5.74) is 0. The van der Waals surface area contributed by atoms with Gasteiger partial charge in [-0.05, 0) is 26.7 Å². The lowest BCUT2D eigenvalue weighted by molar-refractivity contribution is 0.103. The van der Waals surface area contributed by atoms with Gasteiger partial charge in [0, 0.05) is 31.2 Å². The highest BCUT2D eigenvalue weighted by Crippen LogP contribution is 2.32. The first-order valence-corrected chi connectivity index (χ1v) is 7.47. The molecule has 0 aromatic rings. The van der Waals surface area contributed by atoms with Crippen molar-refractivity contribution in [2.75, 3.05) is 19.3 Å². The van der Waals surface area contributed by atoms with Gasteiger partial charge < -0.3 is 0 Å². The molecule has 2 bridgehead atoms. The molecule has 2 aliphatic heterocycles. The molecule has 2 fully saturated rings. The molecular weight excluding hydrogens is 212 g/mol. The lowest BCUT2D eigenvalue weighted by atomic mass is 10.2. The van der Waals surface area contributed by atoms with Crippen LogP contribution in [0.15, 0.2) is 0 Å². The third kappa shape index (κ3) is 2.05. The molecule has 0 radical (unpaired) electrons. The molecule has 2 unspecified atom stereocenters.